The van der Waals surface area contributed by atoms with Gasteiger partial charge in [0.05, 0.1) is 6.61 Å². The first-order valence-electron chi connectivity index (χ1n) is 4.70. The molecule has 0 fully saturated rings. The molecule has 5 heteroatoms. The van der Waals surface area contributed by atoms with Crippen LogP contribution in [0.25, 0.3) is 0 Å². The minimum atomic E-state index is -0.999. The van der Waals surface area contributed by atoms with Gasteiger partial charge in [0.25, 0.3) is 0 Å². The van der Waals surface area contributed by atoms with Crippen LogP contribution in [0.1, 0.15) is 11.1 Å². The molecular weight excluding hydrogens is 218 g/mol. The minimum Gasteiger partial charge on any atom is -0.365 e. The number of fused-ring (bicyclic) bond motifs is 1. The van der Waals surface area contributed by atoms with Crippen molar-refractivity contribution in [3.63, 3.8) is 0 Å². The average molecular weight is 226 g/mol. The number of ether oxygens (including phenoxy) is 1. The van der Waals surface area contributed by atoms with Crippen molar-refractivity contribution in [2.75, 3.05) is 0 Å². The zero-order chi connectivity index (χ0) is 11.7. The lowest BCUT2D eigenvalue weighted by Crippen LogP contribution is -2.32. The van der Waals surface area contributed by atoms with Gasteiger partial charge < -0.3 is 4.74 Å². The number of benzene rings is 1. The van der Waals surface area contributed by atoms with Crippen molar-refractivity contribution in [1.82, 2.24) is 0 Å². The van der Waals surface area contributed by atoms with E-state index in [2.05, 4.69) is 0 Å². The SMILES string of the molecule is O=CC(=O)C1Cc2c(F)ccc(F)c2CO1. The van der Waals surface area contributed by atoms with Crippen LogP contribution in [0.4, 0.5) is 8.78 Å². The third kappa shape index (κ3) is 1.74. The van der Waals surface area contributed by atoms with E-state index in [-0.39, 0.29) is 30.4 Å². The van der Waals surface area contributed by atoms with E-state index in [1.807, 2.05) is 0 Å². The zero-order valence-corrected chi connectivity index (χ0v) is 8.20. The number of hydrogen-bond acceptors (Lipinski definition) is 3. The van der Waals surface area contributed by atoms with Gasteiger partial charge in [-0.15, -0.1) is 0 Å². The highest BCUT2D eigenvalue weighted by Gasteiger charge is 2.28. The summed E-state index contributed by atoms with van der Waals surface area (Å²) in [4.78, 5) is 21.3. The fourth-order valence-electron chi connectivity index (χ4n) is 1.70. The molecule has 1 aliphatic heterocycles. The Labute approximate surface area is 90.0 Å². The van der Waals surface area contributed by atoms with Crippen LogP contribution in [0.5, 0.6) is 0 Å². The van der Waals surface area contributed by atoms with Gasteiger partial charge in [-0.3, -0.25) is 9.59 Å². The highest BCUT2D eigenvalue weighted by atomic mass is 19.1. The Morgan fingerprint density at radius 3 is 2.56 bits per heavy atom. The summed E-state index contributed by atoms with van der Waals surface area (Å²) in [6.45, 7) is -0.191. The average Bonchev–Trinajstić information content (AvgIpc) is 2.32. The second-order valence-electron chi connectivity index (χ2n) is 3.51. The van der Waals surface area contributed by atoms with Crippen molar-refractivity contribution in [2.24, 2.45) is 0 Å². The van der Waals surface area contributed by atoms with Crippen LogP contribution in [0.15, 0.2) is 12.1 Å². The molecule has 0 amide bonds. The summed E-state index contributed by atoms with van der Waals surface area (Å²) in [6.07, 6.45) is -0.968. The Hall–Kier alpha value is -1.62. The predicted molar refractivity (Wildman–Crippen MR) is 49.7 cm³/mol. The van der Waals surface area contributed by atoms with Gasteiger partial charge in [-0.1, -0.05) is 0 Å². The first-order valence-corrected chi connectivity index (χ1v) is 4.70. The molecule has 0 aromatic heterocycles. The standard InChI is InChI=1S/C11H8F2O3/c12-8-1-2-9(13)7-5-16-11(3-6(7)8)10(15)4-14/h1-2,4,11H,3,5H2. The van der Waals surface area contributed by atoms with Crippen molar-refractivity contribution >= 4 is 12.1 Å². The second kappa shape index (κ2) is 4.09. The summed E-state index contributed by atoms with van der Waals surface area (Å²) in [5, 5.41) is 0. The van der Waals surface area contributed by atoms with Crippen LogP contribution in [0, 0.1) is 11.6 Å². The molecule has 0 N–H and O–H groups in total. The summed E-state index contributed by atoms with van der Waals surface area (Å²) < 4.78 is 31.6. The monoisotopic (exact) mass is 226 g/mol. The summed E-state index contributed by atoms with van der Waals surface area (Å²) in [6, 6.07) is 2.02. The molecule has 1 atom stereocenters. The molecule has 3 nitrogen and oxygen atoms in total. The lowest BCUT2D eigenvalue weighted by Gasteiger charge is -2.23. The molecule has 0 saturated carbocycles. The number of Topliss-reactive ketones (excluding diaryl/α,β-unsaturated/α-hetero) is 1. The zero-order valence-electron chi connectivity index (χ0n) is 8.20. The van der Waals surface area contributed by atoms with Crippen molar-refractivity contribution in [3.05, 3.63) is 34.9 Å². The van der Waals surface area contributed by atoms with Gasteiger partial charge in [-0.2, -0.15) is 0 Å². The van der Waals surface area contributed by atoms with E-state index in [4.69, 9.17) is 4.74 Å². The highest BCUT2D eigenvalue weighted by Crippen LogP contribution is 2.25. The van der Waals surface area contributed by atoms with E-state index < -0.39 is 23.5 Å². The fourth-order valence-corrected chi connectivity index (χ4v) is 1.70. The first-order chi connectivity index (χ1) is 7.63. The summed E-state index contributed by atoms with van der Waals surface area (Å²) >= 11 is 0. The number of carbonyl (C=O) groups is 2. The summed E-state index contributed by atoms with van der Waals surface area (Å²) in [5.74, 6) is -1.90. The van der Waals surface area contributed by atoms with Gasteiger partial charge in [0.1, 0.15) is 17.7 Å². The Balaban J connectivity index is 2.36. The molecule has 1 aromatic carbocycles. The van der Waals surface area contributed by atoms with Crippen molar-refractivity contribution in [2.45, 2.75) is 19.1 Å². The maximum atomic E-state index is 13.4. The van der Waals surface area contributed by atoms with E-state index in [1.54, 1.807) is 0 Å². The lowest BCUT2D eigenvalue weighted by atomic mass is 9.96. The fraction of sp³-hybridized carbons (Fsp3) is 0.273. The quantitative estimate of drug-likeness (QED) is 0.561. The van der Waals surface area contributed by atoms with Gasteiger partial charge in [0, 0.05) is 12.0 Å². The molecule has 84 valence electrons. The molecule has 2 rings (SSSR count). The second-order valence-corrected chi connectivity index (χ2v) is 3.51. The van der Waals surface area contributed by atoms with Crippen molar-refractivity contribution in [3.8, 4) is 0 Å². The third-order valence-corrected chi connectivity index (χ3v) is 2.57. The number of hydrogen-bond donors (Lipinski definition) is 0. The van der Waals surface area contributed by atoms with Gasteiger partial charge >= 0.3 is 0 Å². The minimum absolute atomic E-state index is 0.101. The number of halogens is 2. The number of carbonyl (C=O) groups excluding carboxylic acids is 2. The van der Waals surface area contributed by atoms with Gasteiger partial charge in [-0.25, -0.2) is 8.78 Å². The molecule has 1 aliphatic rings. The van der Waals surface area contributed by atoms with Crippen LogP contribution >= 0.6 is 0 Å². The maximum absolute atomic E-state index is 13.4. The van der Waals surface area contributed by atoms with E-state index >= 15 is 0 Å². The molecule has 1 unspecified atom stereocenters. The number of rotatable bonds is 2. The van der Waals surface area contributed by atoms with E-state index in [0.29, 0.717) is 0 Å². The van der Waals surface area contributed by atoms with Crippen molar-refractivity contribution < 1.29 is 23.1 Å². The predicted octanol–water partition coefficient (Wildman–Crippen LogP) is 1.17. The van der Waals surface area contributed by atoms with Crippen LogP contribution in [-0.2, 0) is 27.4 Å². The molecule has 1 heterocycles. The largest absolute Gasteiger partial charge is 0.365 e. The normalized spacial score (nSPS) is 19.0. The lowest BCUT2D eigenvalue weighted by molar-refractivity contribution is -0.139. The molecule has 0 spiro atoms. The molecule has 0 aliphatic carbocycles. The third-order valence-electron chi connectivity index (χ3n) is 2.57. The van der Waals surface area contributed by atoms with Gasteiger partial charge in [0.15, 0.2) is 6.29 Å². The maximum Gasteiger partial charge on any atom is 0.224 e. The van der Waals surface area contributed by atoms with Crippen LogP contribution < -0.4 is 0 Å². The van der Waals surface area contributed by atoms with Gasteiger partial charge in [-0.05, 0) is 17.7 Å². The Bertz CT molecular complexity index is 457. The first kappa shape index (κ1) is 10.9. The molecule has 1 aromatic rings. The van der Waals surface area contributed by atoms with Crippen LogP contribution in [-0.4, -0.2) is 18.2 Å². The smallest absolute Gasteiger partial charge is 0.224 e. The van der Waals surface area contributed by atoms with E-state index in [1.165, 1.54) is 0 Å². The number of aldehydes is 1. The summed E-state index contributed by atoms with van der Waals surface area (Å²) in [7, 11) is 0. The molecule has 0 radical (unpaired) electrons. The van der Waals surface area contributed by atoms with Crippen LogP contribution in [0.3, 0.4) is 0 Å². The Morgan fingerprint density at radius 2 is 1.94 bits per heavy atom. The Kier molecular flexibility index (Phi) is 2.78. The highest BCUT2D eigenvalue weighted by molar-refractivity contribution is 6.27. The van der Waals surface area contributed by atoms with Crippen molar-refractivity contribution in [1.29, 1.82) is 0 Å². The molecular formula is C11H8F2O3. The van der Waals surface area contributed by atoms with Gasteiger partial charge in [0.2, 0.25) is 5.78 Å². The Morgan fingerprint density at radius 1 is 1.31 bits per heavy atom. The molecule has 16 heavy (non-hydrogen) atoms. The van der Waals surface area contributed by atoms with E-state index in [0.717, 1.165) is 12.1 Å². The number of ketones is 1. The molecule has 0 saturated heterocycles. The topological polar surface area (TPSA) is 43.4 Å². The summed E-state index contributed by atoms with van der Waals surface area (Å²) in [5.41, 5.74) is 0.237. The van der Waals surface area contributed by atoms with Crippen LogP contribution in [0.2, 0.25) is 0 Å². The molecule has 0 bridgehead atoms. The van der Waals surface area contributed by atoms with E-state index in [9.17, 15) is 18.4 Å².